The number of ether oxygens (including phenoxy) is 1. The fourth-order valence-corrected chi connectivity index (χ4v) is 6.13. The fraction of sp³-hybridized carbons (Fsp3) is 0.192. The third-order valence-corrected chi connectivity index (χ3v) is 7.89. The van der Waals surface area contributed by atoms with E-state index >= 15 is 0 Å². The Hall–Kier alpha value is -3.86. The molecule has 192 valence electrons. The maximum absolute atomic E-state index is 13.6. The number of nitrogens with zero attached hydrogens (tertiary/aromatic N) is 1. The van der Waals surface area contributed by atoms with Gasteiger partial charge in [-0.05, 0) is 60.5 Å². The molecule has 1 saturated heterocycles. The number of aromatic nitrogens is 1. The van der Waals surface area contributed by atoms with Crippen LogP contribution in [0.4, 0.5) is 17.6 Å². The monoisotopic (exact) mass is 532 g/mol. The van der Waals surface area contributed by atoms with E-state index in [1.807, 2.05) is 0 Å². The molecule has 11 heteroatoms. The molecule has 0 radical (unpaired) electrons. The largest absolute Gasteiger partial charge is 0.573 e. The first-order valence-corrected chi connectivity index (χ1v) is 13.1. The Morgan fingerprint density at radius 1 is 1.03 bits per heavy atom. The molecule has 5 rings (SSSR count). The van der Waals surface area contributed by atoms with Crippen molar-refractivity contribution in [1.82, 2.24) is 9.88 Å². The molecule has 0 bridgehead atoms. The van der Waals surface area contributed by atoms with Gasteiger partial charge in [0.25, 0.3) is 5.91 Å². The SMILES string of the molecule is O=C(NC1CCS(=O)(=O)C1)c1ccc2c(-c3cccc(OC(F)(F)F)c3)cn(-c3ccc(F)cc3)c2c1. The molecule has 37 heavy (non-hydrogen) atoms. The van der Waals surface area contributed by atoms with Gasteiger partial charge >= 0.3 is 6.36 Å². The van der Waals surface area contributed by atoms with Crippen molar-refractivity contribution in [1.29, 1.82) is 0 Å². The predicted molar refractivity (Wildman–Crippen MR) is 130 cm³/mol. The van der Waals surface area contributed by atoms with Gasteiger partial charge in [0.15, 0.2) is 9.84 Å². The molecule has 2 heterocycles. The lowest BCUT2D eigenvalue weighted by Gasteiger charge is -2.12. The number of amides is 1. The van der Waals surface area contributed by atoms with Crippen molar-refractivity contribution in [2.75, 3.05) is 11.5 Å². The first kappa shape index (κ1) is 24.8. The summed E-state index contributed by atoms with van der Waals surface area (Å²) < 4.78 is 81.1. The Labute approximate surface area is 209 Å². The molecule has 1 aliphatic rings. The maximum Gasteiger partial charge on any atom is 0.573 e. The average molecular weight is 533 g/mol. The molecule has 1 aliphatic heterocycles. The Balaban J connectivity index is 1.58. The quantitative estimate of drug-likeness (QED) is 0.356. The molecule has 3 aromatic carbocycles. The third-order valence-electron chi connectivity index (χ3n) is 6.12. The van der Waals surface area contributed by atoms with Gasteiger partial charge < -0.3 is 14.6 Å². The first-order valence-electron chi connectivity index (χ1n) is 11.3. The van der Waals surface area contributed by atoms with Gasteiger partial charge in [-0.3, -0.25) is 4.79 Å². The Bertz CT molecular complexity index is 1600. The molecule has 1 amide bonds. The topological polar surface area (TPSA) is 77.4 Å². The van der Waals surface area contributed by atoms with Crippen LogP contribution >= 0.6 is 0 Å². The predicted octanol–water partition coefficient (Wildman–Crippen LogP) is 5.25. The number of alkyl halides is 3. The van der Waals surface area contributed by atoms with Crippen LogP contribution in [-0.4, -0.2) is 42.8 Å². The molecule has 4 aromatic rings. The lowest BCUT2D eigenvalue weighted by atomic mass is 10.0. The van der Waals surface area contributed by atoms with Crippen molar-refractivity contribution in [3.63, 3.8) is 0 Å². The number of hydrogen-bond acceptors (Lipinski definition) is 4. The zero-order valence-corrected chi connectivity index (χ0v) is 19.9. The van der Waals surface area contributed by atoms with E-state index in [0.717, 1.165) is 0 Å². The summed E-state index contributed by atoms with van der Waals surface area (Å²) in [6, 6.07) is 15.5. The summed E-state index contributed by atoms with van der Waals surface area (Å²) in [5.41, 5.74) is 2.41. The van der Waals surface area contributed by atoms with Crippen LogP contribution in [0.1, 0.15) is 16.8 Å². The van der Waals surface area contributed by atoms with Crippen LogP contribution in [-0.2, 0) is 9.84 Å². The highest BCUT2D eigenvalue weighted by Crippen LogP contribution is 2.36. The van der Waals surface area contributed by atoms with Crippen LogP contribution in [0.3, 0.4) is 0 Å². The number of hydrogen-bond donors (Lipinski definition) is 1. The van der Waals surface area contributed by atoms with E-state index in [-0.39, 0.29) is 22.8 Å². The second-order valence-electron chi connectivity index (χ2n) is 8.77. The van der Waals surface area contributed by atoms with E-state index in [1.54, 1.807) is 35.0 Å². The molecule has 0 saturated carbocycles. The van der Waals surface area contributed by atoms with Crippen molar-refractivity contribution in [2.24, 2.45) is 0 Å². The summed E-state index contributed by atoms with van der Waals surface area (Å²) in [6.45, 7) is 0. The lowest BCUT2D eigenvalue weighted by molar-refractivity contribution is -0.274. The van der Waals surface area contributed by atoms with Crippen LogP contribution < -0.4 is 10.1 Å². The minimum absolute atomic E-state index is 0.0187. The molecule has 1 N–H and O–H groups in total. The molecule has 0 aliphatic carbocycles. The van der Waals surface area contributed by atoms with Gasteiger partial charge in [0.05, 0.1) is 17.0 Å². The number of carbonyl (C=O) groups excluding carboxylic acids is 1. The standard InChI is InChI=1S/C26H20F4N2O4S/c27-18-5-7-20(8-6-18)32-14-23(16-2-1-3-21(12-16)36-26(28,29)30)22-9-4-17(13-24(22)32)25(33)31-19-10-11-37(34,35)15-19/h1-9,12-14,19H,10-11,15H2,(H,31,33). The van der Waals surface area contributed by atoms with Gasteiger partial charge in [0.1, 0.15) is 11.6 Å². The second-order valence-corrected chi connectivity index (χ2v) is 11.0. The number of nitrogens with one attached hydrogen (secondary N) is 1. The molecule has 1 aromatic heterocycles. The van der Waals surface area contributed by atoms with E-state index in [9.17, 15) is 30.8 Å². The van der Waals surface area contributed by atoms with Crippen molar-refractivity contribution >= 4 is 26.6 Å². The van der Waals surface area contributed by atoms with E-state index in [2.05, 4.69) is 10.1 Å². The summed E-state index contributed by atoms with van der Waals surface area (Å²) in [5, 5.41) is 3.38. The van der Waals surface area contributed by atoms with Crippen molar-refractivity contribution in [2.45, 2.75) is 18.8 Å². The highest BCUT2D eigenvalue weighted by atomic mass is 32.2. The Kier molecular flexibility index (Phi) is 6.18. The number of benzene rings is 3. The summed E-state index contributed by atoms with van der Waals surface area (Å²) in [5.74, 6) is -1.37. The fourth-order valence-electron chi connectivity index (χ4n) is 4.45. The van der Waals surface area contributed by atoms with Crippen molar-refractivity contribution < 1.29 is 35.5 Å². The summed E-state index contributed by atoms with van der Waals surface area (Å²) in [4.78, 5) is 12.9. The molecule has 0 spiro atoms. The van der Waals surface area contributed by atoms with Gasteiger partial charge in [0, 0.05) is 34.4 Å². The van der Waals surface area contributed by atoms with Crippen LogP contribution in [0.5, 0.6) is 5.75 Å². The number of sulfone groups is 1. The van der Waals surface area contributed by atoms with Crippen molar-refractivity contribution in [3.05, 3.63) is 84.3 Å². The van der Waals surface area contributed by atoms with Crippen LogP contribution in [0.2, 0.25) is 0 Å². The maximum atomic E-state index is 13.6. The minimum Gasteiger partial charge on any atom is -0.406 e. The summed E-state index contributed by atoms with van der Waals surface area (Å²) >= 11 is 0. The molecule has 6 nitrogen and oxygen atoms in total. The van der Waals surface area contributed by atoms with Crippen LogP contribution in [0.15, 0.2) is 72.9 Å². The number of fused-ring (bicyclic) bond motifs is 1. The van der Waals surface area contributed by atoms with Crippen molar-refractivity contribution in [3.8, 4) is 22.6 Å². The minimum atomic E-state index is -4.85. The third kappa shape index (κ3) is 5.46. The number of halogens is 4. The molecule has 1 unspecified atom stereocenters. The molecular weight excluding hydrogens is 512 g/mol. The second kappa shape index (κ2) is 9.22. The summed E-state index contributed by atoms with van der Waals surface area (Å²) in [6.07, 6.45) is -2.82. The normalized spacial score (nSPS) is 17.1. The van der Waals surface area contributed by atoms with Crippen LogP contribution in [0.25, 0.3) is 27.7 Å². The van der Waals surface area contributed by atoms with Gasteiger partial charge in [-0.15, -0.1) is 13.2 Å². The average Bonchev–Trinajstić information content (AvgIpc) is 3.37. The zero-order valence-electron chi connectivity index (χ0n) is 19.1. The molecule has 1 atom stereocenters. The smallest absolute Gasteiger partial charge is 0.406 e. The van der Waals surface area contributed by atoms with Crippen LogP contribution in [0, 0.1) is 5.82 Å². The first-order chi connectivity index (χ1) is 17.5. The number of rotatable bonds is 5. The van der Waals surface area contributed by atoms with E-state index in [0.29, 0.717) is 34.1 Å². The van der Waals surface area contributed by atoms with Gasteiger partial charge in [-0.1, -0.05) is 18.2 Å². The molecular formula is C26H20F4N2O4S. The van der Waals surface area contributed by atoms with Gasteiger partial charge in [0.2, 0.25) is 0 Å². The zero-order chi connectivity index (χ0) is 26.4. The van der Waals surface area contributed by atoms with E-state index in [1.165, 1.54) is 42.5 Å². The van der Waals surface area contributed by atoms with E-state index in [4.69, 9.17) is 0 Å². The Morgan fingerprint density at radius 3 is 2.46 bits per heavy atom. The highest BCUT2D eigenvalue weighted by molar-refractivity contribution is 7.91. The van der Waals surface area contributed by atoms with E-state index < -0.39 is 34.0 Å². The molecule has 1 fully saturated rings. The summed E-state index contributed by atoms with van der Waals surface area (Å²) in [7, 11) is -3.18. The Morgan fingerprint density at radius 2 is 1.78 bits per heavy atom. The highest BCUT2D eigenvalue weighted by Gasteiger charge is 2.31. The van der Waals surface area contributed by atoms with Gasteiger partial charge in [-0.2, -0.15) is 0 Å². The van der Waals surface area contributed by atoms with Gasteiger partial charge in [-0.25, -0.2) is 12.8 Å². The number of carbonyl (C=O) groups is 1. The lowest BCUT2D eigenvalue weighted by Crippen LogP contribution is -2.35.